The maximum atomic E-state index is 11.8. The molecule has 24 heavy (non-hydrogen) atoms. The molecule has 0 saturated carbocycles. The lowest BCUT2D eigenvalue weighted by Gasteiger charge is -2.13. The third-order valence-corrected chi connectivity index (χ3v) is 5.48. The number of amides is 1. The van der Waals surface area contributed by atoms with E-state index in [4.69, 9.17) is 0 Å². The number of nitrogens with zero attached hydrogens (tertiary/aromatic N) is 2. The van der Waals surface area contributed by atoms with Gasteiger partial charge in [0.25, 0.3) is 0 Å². The largest absolute Gasteiger partial charge is 0.351 e. The van der Waals surface area contributed by atoms with Gasteiger partial charge in [0.15, 0.2) is 5.96 Å². The number of carbonyl (C=O) groups excluding carboxylic acids is 1. The van der Waals surface area contributed by atoms with E-state index in [-0.39, 0.29) is 12.5 Å². The highest BCUT2D eigenvalue weighted by atomic mass is 32.1. The summed E-state index contributed by atoms with van der Waals surface area (Å²) in [7, 11) is 3.48. The van der Waals surface area contributed by atoms with E-state index < -0.39 is 0 Å². The summed E-state index contributed by atoms with van der Waals surface area (Å²) in [6, 6.07) is 8.40. The Kier molecular flexibility index (Phi) is 7.27. The molecule has 0 aliphatic rings. The number of guanidine groups is 1. The highest BCUT2D eigenvalue weighted by Gasteiger charge is 2.06. The average Bonchev–Trinajstić information content (AvgIpc) is 3.25. The van der Waals surface area contributed by atoms with Crippen molar-refractivity contribution in [1.29, 1.82) is 0 Å². The maximum Gasteiger partial charge on any atom is 0.243 e. The molecule has 0 spiro atoms. The van der Waals surface area contributed by atoms with E-state index in [0.717, 1.165) is 6.42 Å². The van der Waals surface area contributed by atoms with Gasteiger partial charge < -0.3 is 15.5 Å². The van der Waals surface area contributed by atoms with Gasteiger partial charge in [-0.2, -0.15) is 0 Å². The maximum absolute atomic E-state index is 11.8. The highest BCUT2D eigenvalue weighted by Crippen LogP contribution is 2.16. The Morgan fingerprint density at radius 1 is 1.12 bits per heavy atom. The van der Waals surface area contributed by atoms with Gasteiger partial charge in [-0.15, -0.1) is 22.7 Å². The Morgan fingerprint density at radius 3 is 2.42 bits per heavy atom. The normalized spacial score (nSPS) is 11.4. The number of thiophene rings is 2. The third-order valence-electron chi connectivity index (χ3n) is 3.38. The fourth-order valence-corrected chi connectivity index (χ4v) is 3.47. The summed E-state index contributed by atoms with van der Waals surface area (Å²) in [6.45, 7) is 3.70. The number of nitrogens with one attached hydrogen (secondary N) is 2. The lowest BCUT2D eigenvalue weighted by atomic mass is 10.3. The molecule has 0 unspecified atom stereocenters. The molecule has 0 aliphatic heterocycles. The minimum absolute atomic E-state index is 0.0170. The summed E-state index contributed by atoms with van der Waals surface area (Å²) in [5, 5.41) is 8.65. The molecule has 0 bridgehead atoms. The minimum Gasteiger partial charge on any atom is -0.351 e. The summed E-state index contributed by atoms with van der Waals surface area (Å²) in [4.78, 5) is 21.6. The summed E-state index contributed by atoms with van der Waals surface area (Å²) >= 11 is 3.50. The number of likely N-dealkylation sites (N-methyl/N-ethyl adjacent to an activating group) is 1. The van der Waals surface area contributed by atoms with Crippen LogP contribution in [-0.2, 0) is 24.3 Å². The predicted molar refractivity (Wildman–Crippen MR) is 103 cm³/mol. The van der Waals surface area contributed by atoms with E-state index in [2.05, 4.69) is 46.1 Å². The lowest BCUT2D eigenvalue weighted by molar-refractivity contribution is -0.127. The van der Waals surface area contributed by atoms with Gasteiger partial charge in [0, 0.05) is 28.7 Å². The van der Waals surface area contributed by atoms with Crippen LogP contribution >= 0.6 is 22.7 Å². The molecular weight excluding hydrogens is 340 g/mol. The smallest absolute Gasteiger partial charge is 0.243 e. The molecule has 0 aliphatic carbocycles. The van der Waals surface area contributed by atoms with Crippen LogP contribution in [0.2, 0.25) is 0 Å². The molecule has 0 saturated heterocycles. The van der Waals surface area contributed by atoms with Gasteiger partial charge in [0.05, 0.1) is 13.1 Å². The SMILES string of the molecule is CCc1ccc(CNC(=NCC(=O)N(C)C)NCc2cccs2)s1. The van der Waals surface area contributed by atoms with Crippen molar-refractivity contribution >= 4 is 34.5 Å². The van der Waals surface area contributed by atoms with Crippen LogP contribution in [0.1, 0.15) is 21.6 Å². The fraction of sp³-hybridized carbons (Fsp3) is 0.412. The lowest BCUT2D eigenvalue weighted by Crippen LogP contribution is -2.37. The van der Waals surface area contributed by atoms with Crippen LogP contribution in [0.3, 0.4) is 0 Å². The van der Waals surface area contributed by atoms with Gasteiger partial charge in [-0.3, -0.25) is 4.79 Å². The van der Waals surface area contributed by atoms with E-state index >= 15 is 0 Å². The van der Waals surface area contributed by atoms with Crippen molar-refractivity contribution in [1.82, 2.24) is 15.5 Å². The van der Waals surface area contributed by atoms with Crippen molar-refractivity contribution in [2.24, 2.45) is 4.99 Å². The number of rotatable bonds is 7. The van der Waals surface area contributed by atoms with Crippen LogP contribution in [0, 0.1) is 0 Å². The monoisotopic (exact) mass is 364 g/mol. The van der Waals surface area contributed by atoms with Crippen molar-refractivity contribution in [2.45, 2.75) is 26.4 Å². The average molecular weight is 365 g/mol. The Labute approximate surface area is 151 Å². The van der Waals surface area contributed by atoms with Gasteiger partial charge in [-0.25, -0.2) is 4.99 Å². The number of hydrogen-bond donors (Lipinski definition) is 2. The zero-order valence-corrected chi connectivity index (χ0v) is 16.0. The quantitative estimate of drug-likeness (QED) is 0.587. The molecule has 2 aromatic heterocycles. The molecule has 130 valence electrons. The molecule has 0 fully saturated rings. The van der Waals surface area contributed by atoms with Gasteiger partial charge in [-0.05, 0) is 30.0 Å². The van der Waals surface area contributed by atoms with Crippen molar-refractivity contribution in [2.75, 3.05) is 20.6 Å². The molecule has 2 heterocycles. The summed E-state index contributed by atoms with van der Waals surface area (Å²) in [5.74, 6) is 0.640. The summed E-state index contributed by atoms with van der Waals surface area (Å²) in [5.41, 5.74) is 0. The van der Waals surface area contributed by atoms with Gasteiger partial charge >= 0.3 is 0 Å². The standard InChI is InChI=1S/C17H24N4OS2/c1-4-13-7-8-15(24-13)11-19-17(20-12-16(22)21(2)3)18-10-14-6-5-9-23-14/h5-9H,4,10-12H2,1-3H3,(H2,18,19,20). The molecule has 0 radical (unpaired) electrons. The molecule has 7 heteroatoms. The first-order valence-corrected chi connectivity index (χ1v) is 9.60. The van der Waals surface area contributed by atoms with E-state index in [1.807, 2.05) is 6.07 Å². The topological polar surface area (TPSA) is 56.7 Å². The van der Waals surface area contributed by atoms with Gasteiger partial charge in [-0.1, -0.05) is 13.0 Å². The number of aryl methyl sites for hydroxylation is 1. The Balaban J connectivity index is 1.95. The van der Waals surface area contributed by atoms with E-state index in [9.17, 15) is 4.79 Å². The molecule has 0 aromatic carbocycles. The number of hydrogen-bond acceptors (Lipinski definition) is 4. The molecule has 0 atom stereocenters. The van der Waals surface area contributed by atoms with E-state index in [1.54, 1.807) is 41.7 Å². The van der Waals surface area contributed by atoms with Gasteiger partial charge in [0.1, 0.15) is 6.54 Å². The second-order valence-electron chi connectivity index (χ2n) is 5.46. The predicted octanol–water partition coefficient (Wildman–Crippen LogP) is 2.70. The first-order valence-electron chi connectivity index (χ1n) is 7.90. The van der Waals surface area contributed by atoms with Crippen molar-refractivity contribution < 1.29 is 4.79 Å². The third kappa shape index (κ3) is 5.98. The van der Waals surface area contributed by atoms with Crippen LogP contribution < -0.4 is 10.6 Å². The zero-order valence-electron chi connectivity index (χ0n) is 14.3. The van der Waals surface area contributed by atoms with E-state index in [1.165, 1.54) is 14.6 Å². The molecule has 1 amide bonds. The summed E-state index contributed by atoms with van der Waals surface area (Å²) in [6.07, 6.45) is 1.06. The molecular formula is C17H24N4OS2. The Hall–Kier alpha value is -1.86. The molecule has 2 rings (SSSR count). The second-order valence-corrected chi connectivity index (χ2v) is 7.75. The second kappa shape index (κ2) is 9.44. The van der Waals surface area contributed by atoms with E-state index in [0.29, 0.717) is 19.0 Å². The number of carbonyl (C=O) groups is 1. The number of aliphatic imine (C=N–C) groups is 1. The van der Waals surface area contributed by atoms with Crippen molar-refractivity contribution in [3.8, 4) is 0 Å². The fourth-order valence-electron chi connectivity index (χ4n) is 1.92. The first kappa shape index (κ1) is 18.5. The molecule has 2 N–H and O–H groups in total. The van der Waals surface area contributed by atoms with Crippen LogP contribution in [0.5, 0.6) is 0 Å². The summed E-state index contributed by atoms with van der Waals surface area (Å²) < 4.78 is 0. The van der Waals surface area contributed by atoms with Gasteiger partial charge in [0.2, 0.25) is 5.91 Å². The molecule has 2 aromatic rings. The molecule has 5 nitrogen and oxygen atoms in total. The van der Waals surface area contributed by atoms with Crippen LogP contribution in [0.25, 0.3) is 0 Å². The van der Waals surface area contributed by atoms with Crippen LogP contribution in [0.15, 0.2) is 34.6 Å². The first-order chi connectivity index (χ1) is 11.6. The highest BCUT2D eigenvalue weighted by molar-refractivity contribution is 7.12. The van der Waals surface area contributed by atoms with Crippen molar-refractivity contribution in [3.05, 3.63) is 44.3 Å². The Bertz CT molecular complexity index is 662. The minimum atomic E-state index is -0.0170. The Morgan fingerprint density at radius 2 is 1.83 bits per heavy atom. The zero-order chi connectivity index (χ0) is 17.4. The van der Waals surface area contributed by atoms with Crippen LogP contribution in [-0.4, -0.2) is 37.4 Å². The van der Waals surface area contributed by atoms with Crippen molar-refractivity contribution in [3.63, 3.8) is 0 Å². The van der Waals surface area contributed by atoms with Crippen LogP contribution in [0.4, 0.5) is 0 Å².